The van der Waals surface area contributed by atoms with Gasteiger partial charge in [0.1, 0.15) is 17.0 Å². The maximum Gasteiger partial charge on any atom is 0.171 e. The Morgan fingerprint density at radius 3 is 2.81 bits per heavy atom. The molecule has 0 unspecified atom stereocenters. The summed E-state index contributed by atoms with van der Waals surface area (Å²) in [5.41, 5.74) is 1.70. The molecule has 1 N–H and O–H groups in total. The molecule has 0 radical (unpaired) electrons. The highest BCUT2D eigenvalue weighted by molar-refractivity contribution is 9.09. The summed E-state index contributed by atoms with van der Waals surface area (Å²) < 4.78 is 0. The van der Waals surface area contributed by atoms with E-state index in [0.29, 0.717) is 6.42 Å². The average molecular weight is 369 g/mol. The standard InChI is InChI=1S/C14H17BrN4OS/c1-14(2)5-7(20)10-8(11(14)15)18-9-12(19(3)4)16-6-17-13(9)21-10/h6,11,18H,5H2,1-4H3/t11-/m0/s1. The predicted octanol–water partition coefficient (Wildman–Crippen LogP) is 3.03. The molecule has 1 aromatic rings. The first-order valence-corrected chi connectivity index (χ1v) is 8.43. The van der Waals surface area contributed by atoms with Crippen LogP contribution in [0.1, 0.15) is 20.3 Å². The van der Waals surface area contributed by atoms with Crippen LogP contribution in [0.2, 0.25) is 0 Å². The molecule has 0 saturated carbocycles. The molecule has 3 rings (SSSR count). The predicted molar refractivity (Wildman–Crippen MR) is 89.0 cm³/mol. The summed E-state index contributed by atoms with van der Waals surface area (Å²) in [6, 6.07) is 0. The van der Waals surface area contributed by atoms with Crippen LogP contribution in [-0.4, -0.2) is 34.7 Å². The number of alkyl halides is 1. The van der Waals surface area contributed by atoms with Crippen LogP contribution in [0.5, 0.6) is 0 Å². The first-order valence-electron chi connectivity index (χ1n) is 6.70. The summed E-state index contributed by atoms with van der Waals surface area (Å²) in [5.74, 6) is 1.01. The number of rotatable bonds is 1. The minimum atomic E-state index is -0.116. The van der Waals surface area contributed by atoms with Crippen LogP contribution in [0.15, 0.2) is 22.0 Å². The van der Waals surface area contributed by atoms with Crippen molar-refractivity contribution < 1.29 is 4.79 Å². The number of nitrogens with one attached hydrogen (secondary N) is 1. The van der Waals surface area contributed by atoms with Crippen molar-refractivity contribution >= 4 is 45.0 Å². The van der Waals surface area contributed by atoms with Crippen LogP contribution < -0.4 is 10.2 Å². The van der Waals surface area contributed by atoms with Gasteiger partial charge in [-0.05, 0) is 5.41 Å². The molecular weight excluding hydrogens is 352 g/mol. The molecule has 2 heterocycles. The topological polar surface area (TPSA) is 58.1 Å². The van der Waals surface area contributed by atoms with Gasteiger partial charge in [-0.3, -0.25) is 4.79 Å². The van der Waals surface area contributed by atoms with Gasteiger partial charge >= 0.3 is 0 Å². The highest BCUT2D eigenvalue weighted by atomic mass is 79.9. The molecule has 0 saturated heterocycles. The van der Waals surface area contributed by atoms with Crippen LogP contribution >= 0.6 is 27.7 Å². The highest BCUT2D eigenvalue weighted by Crippen LogP contribution is 2.51. The molecule has 0 aromatic carbocycles. The Labute approximate surface area is 136 Å². The van der Waals surface area contributed by atoms with E-state index in [1.807, 2.05) is 19.0 Å². The van der Waals surface area contributed by atoms with Gasteiger partial charge in [-0.15, -0.1) is 0 Å². The quantitative estimate of drug-likeness (QED) is 0.607. The fourth-order valence-corrected chi connectivity index (χ4v) is 4.25. The molecule has 0 amide bonds. The van der Waals surface area contributed by atoms with E-state index in [4.69, 9.17) is 0 Å². The van der Waals surface area contributed by atoms with E-state index in [9.17, 15) is 4.79 Å². The second-order valence-corrected chi connectivity index (χ2v) is 8.11. The summed E-state index contributed by atoms with van der Waals surface area (Å²) in [7, 11) is 3.89. The van der Waals surface area contributed by atoms with Crippen LogP contribution in [0, 0.1) is 5.41 Å². The Kier molecular flexibility index (Phi) is 3.52. The Balaban J connectivity index is 2.09. The number of fused-ring (bicyclic) bond motifs is 1. The average Bonchev–Trinajstić information content (AvgIpc) is 2.42. The second kappa shape index (κ2) is 4.98. The normalized spacial score (nSPS) is 23.3. The lowest BCUT2D eigenvalue weighted by Gasteiger charge is -2.39. The number of hydrogen-bond acceptors (Lipinski definition) is 6. The summed E-state index contributed by atoms with van der Waals surface area (Å²) >= 11 is 5.20. The second-order valence-electron chi connectivity index (χ2n) is 6.19. The number of ketones is 1. The van der Waals surface area contributed by atoms with Crippen molar-refractivity contribution in [1.29, 1.82) is 0 Å². The number of carbonyl (C=O) groups is 1. The molecule has 1 aromatic heterocycles. The third kappa shape index (κ3) is 2.36. The van der Waals surface area contributed by atoms with E-state index in [2.05, 4.69) is 45.1 Å². The lowest BCUT2D eigenvalue weighted by molar-refractivity contribution is -0.117. The van der Waals surface area contributed by atoms with Crippen molar-refractivity contribution in [2.75, 3.05) is 24.3 Å². The lowest BCUT2D eigenvalue weighted by atomic mass is 9.78. The van der Waals surface area contributed by atoms with E-state index in [1.54, 1.807) is 0 Å². The molecule has 2 aliphatic rings. The number of nitrogens with zero attached hydrogens (tertiary/aromatic N) is 3. The van der Waals surface area contributed by atoms with E-state index < -0.39 is 0 Å². The molecule has 0 bridgehead atoms. The van der Waals surface area contributed by atoms with Crippen molar-refractivity contribution in [3.63, 3.8) is 0 Å². The van der Waals surface area contributed by atoms with E-state index in [1.165, 1.54) is 18.1 Å². The Morgan fingerprint density at radius 1 is 1.43 bits per heavy atom. The molecule has 21 heavy (non-hydrogen) atoms. The van der Waals surface area contributed by atoms with Crippen LogP contribution in [0.3, 0.4) is 0 Å². The van der Waals surface area contributed by atoms with E-state index >= 15 is 0 Å². The summed E-state index contributed by atoms with van der Waals surface area (Å²) in [4.78, 5) is 23.9. The molecule has 0 spiro atoms. The summed E-state index contributed by atoms with van der Waals surface area (Å²) in [5, 5.41) is 4.21. The first kappa shape index (κ1) is 14.8. The maximum atomic E-state index is 12.4. The number of anilines is 2. The summed E-state index contributed by atoms with van der Waals surface area (Å²) in [6.45, 7) is 4.20. The number of carbonyl (C=O) groups excluding carboxylic acids is 1. The fourth-order valence-electron chi connectivity index (χ4n) is 2.59. The SMILES string of the molecule is CN(C)c1ncnc2c1NC1=C(S2)C(=O)CC(C)(C)[C@H]1Br. The number of allylic oxidation sites excluding steroid dienone is 2. The van der Waals surface area contributed by atoms with Crippen LogP contribution in [0.4, 0.5) is 11.5 Å². The van der Waals surface area contributed by atoms with Crippen molar-refractivity contribution in [2.45, 2.75) is 30.1 Å². The van der Waals surface area contributed by atoms with Crippen LogP contribution in [-0.2, 0) is 4.79 Å². The van der Waals surface area contributed by atoms with Gasteiger partial charge in [0.2, 0.25) is 0 Å². The molecule has 5 nitrogen and oxygen atoms in total. The van der Waals surface area contributed by atoms with E-state index in [0.717, 1.165) is 27.1 Å². The number of Topliss-reactive ketones (excluding diaryl/α,β-unsaturated/α-hetero) is 1. The molecular formula is C14H17BrN4OS. The zero-order chi connectivity index (χ0) is 15.4. The fraction of sp³-hybridized carbons (Fsp3) is 0.500. The van der Waals surface area contributed by atoms with Crippen LogP contribution in [0.25, 0.3) is 0 Å². The van der Waals surface area contributed by atoms with Crippen molar-refractivity contribution in [2.24, 2.45) is 5.41 Å². The number of aromatic nitrogens is 2. The molecule has 7 heteroatoms. The third-order valence-corrected chi connectivity index (χ3v) is 6.58. The minimum absolute atomic E-state index is 0.105. The maximum absolute atomic E-state index is 12.4. The van der Waals surface area contributed by atoms with Gasteiger partial charge in [0.15, 0.2) is 11.6 Å². The molecule has 1 aliphatic carbocycles. The zero-order valence-electron chi connectivity index (χ0n) is 12.4. The van der Waals surface area contributed by atoms with E-state index in [-0.39, 0.29) is 16.0 Å². The van der Waals surface area contributed by atoms with Gasteiger partial charge < -0.3 is 10.2 Å². The van der Waals surface area contributed by atoms with Gasteiger partial charge in [0.05, 0.1) is 9.73 Å². The molecule has 1 aliphatic heterocycles. The highest BCUT2D eigenvalue weighted by Gasteiger charge is 2.43. The number of hydrogen-bond donors (Lipinski definition) is 1. The van der Waals surface area contributed by atoms with Gasteiger partial charge in [0, 0.05) is 26.2 Å². The Morgan fingerprint density at radius 2 is 2.14 bits per heavy atom. The molecule has 1 atom stereocenters. The van der Waals surface area contributed by atoms with Gasteiger partial charge in [-0.25, -0.2) is 9.97 Å². The number of thioether (sulfide) groups is 1. The monoisotopic (exact) mass is 368 g/mol. The zero-order valence-corrected chi connectivity index (χ0v) is 14.8. The smallest absolute Gasteiger partial charge is 0.171 e. The van der Waals surface area contributed by atoms with Gasteiger partial charge in [0.25, 0.3) is 0 Å². The lowest BCUT2D eigenvalue weighted by Crippen LogP contribution is -2.38. The van der Waals surface area contributed by atoms with Crippen molar-refractivity contribution in [3.05, 3.63) is 16.9 Å². The number of halogens is 1. The first-order chi connectivity index (χ1) is 9.81. The summed E-state index contributed by atoms with van der Waals surface area (Å²) in [6.07, 6.45) is 2.08. The third-order valence-electron chi connectivity index (χ3n) is 3.73. The van der Waals surface area contributed by atoms with Crippen molar-refractivity contribution in [1.82, 2.24) is 9.97 Å². The Hall–Kier alpha value is -1.08. The minimum Gasteiger partial charge on any atom is -0.361 e. The van der Waals surface area contributed by atoms with Gasteiger partial charge in [-0.1, -0.05) is 41.5 Å². The van der Waals surface area contributed by atoms with Gasteiger partial charge in [-0.2, -0.15) is 0 Å². The molecule has 0 fully saturated rings. The Bertz CT molecular complexity index is 656. The largest absolute Gasteiger partial charge is 0.361 e. The van der Waals surface area contributed by atoms with Crippen molar-refractivity contribution in [3.8, 4) is 0 Å². The molecule has 112 valence electrons.